The van der Waals surface area contributed by atoms with Gasteiger partial charge in [0.25, 0.3) is 0 Å². The first-order valence-electron chi connectivity index (χ1n) is 5.76. The first-order chi connectivity index (χ1) is 9.58. The van der Waals surface area contributed by atoms with Gasteiger partial charge in [-0.3, -0.25) is 5.43 Å². The monoisotopic (exact) mass is 312 g/mol. The lowest BCUT2D eigenvalue weighted by Crippen LogP contribution is -2.15. The molecule has 0 fully saturated rings. The van der Waals surface area contributed by atoms with Crippen LogP contribution in [0.4, 0.5) is 5.95 Å². The lowest BCUT2D eigenvalue weighted by atomic mass is 10.5. The fourth-order valence-electron chi connectivity index (χ4n) is 1.24. The van der Waals surface area contributed by atoms with Crippen molar-refractivity contribution in [1.82, 2.24) is 19.9 Å². The van der Waals surface area contributed by atoms with Crippen LogP contribution < -0.4 is 16.0 Å². The lowest BCUT2D eigenvalue weighted by molar-refractivity contribution is 0.219. The quantitative estimate of drug-likeness (QED) is 0.640. The van der Waals surface area contributed by atoms with E-state index in [1.165, 1.54) is 11.8 Å². The Morgan fingerprint density at radius 3 is 2.80 bits per heavy atom. The maximum Gasteiger partial charge on any atom is 0.322 e. The van der Waals surface area contributed by atoms with E-state index in [2.05, 4.69) is 25.4 Å². The molecule has 0 atom stereocenters. The van der Waals surface area contributed by atoms with Gasteiger partial charge in [-0.05, 0) is 37.7 Å². The molecular weight excluding hydrogens is 300 g/mol. The van der Waals surface area contributed by atoms with Crippen LogP contribution in [0.5, 0.6) is 6.01 Å². The maximum atomic E-state index is 6.05. The van der Waals surface area contributed by atoms with Gasteiger partial charge in [-0.2, -0.15) is 15.0 Å². The molecule has 3 N–H and O–H groups in total. The van der Waals surface area contributed by atoms with Crippen LogP contribution in [-0.4, -0.2) is 26.0 Å². The summed E-state index contributed by atoms with van der Waals surface area (Å²) >= 11 is 7.25. The van der Waals surface area contributed by atoms with Gasteiger partial charge in [0.1, 0.15) is 5.03 Å². The van der Waals surface area contributed by atoms with E-state index in [1.807, 2.05) is 13.8 Å². The van der Waals surface area contributed by atoms with Crippen LogP contribution in [0.1, 0.15) is 13.8 Å². The van der Waals surface area contributed by atoms with E-state index in [-0.39, 0.29) is 18.1 Å². The maximum absolute atomic E-state index is 6.05. The van der Waals surface area contributed by atoms with E-state index in [9.17, 15) is 0 Å². The van der Waals surface area contributed by atoms with Gasteiger partial charge in [-0.15, -0.1) is 0 Å². The Balaban J connectivity index is 2.29. The van der Waals surface area contributed by atoms with Gasteiger partial charge in [0.15, 0.2) is 0 Å². The minimum absolute atomic E-state index is 0.0562. The largest absolute Gasteiger partial charge is 0.461 e. The number of hydrogen-bond donors (Lipinski definition) is 2. The van der Waals surface area contributed by atoms with E-state index >= 15 is 0 Å². The van der Waals surface area contributed by atoms with Crippen LogP contribution in [0.25, 0.3) is 0 Å². The zero-order valence-corrected chi connectivity index (χ0v) is 12.4. The van der Waals surface area contributed by atoms with E-state index in [0.717, 1.165) is 0 Å². The third-order valence-electron chi connectivity index (χ3n) is 1.98. The minimum Gasteiger partial charge on any atom is -0.461 e. The van der Waals surface area contributed by atoms with Crippen molar-refractivity contribution in [3.63, 3.8) is 0 Å². The summed E-state index contributed by atoms with van der Waals surface area (Å²) in [6.45, 7) is 3.75. The molecule has 0 unspecified atom stereocenters. The molecule has 0 radical (unpaired) electrons. The fraction of sp³-hybridized carbons (Fsp3) is 0.273. The van der Waals surface area contributed by atoms with Crippen molar-refractivity contribution in [2.75, 3.05) is 5.43 Å². The molecule has 20 heavy (non-hydrogen) atoms. The predicted octanol–water partition coefficient (Wildman–Crippen LogP) is 2.14. The Hall–Kier alpha value is -1.64. The first-order valence-corrected chi connectivity index (χ1v) is 6.95. The van der Waals surface area contributed by atoms with Crippen LogP contribution in [0, 0.1) is 0 Å². The Bertz CT molecular complexity index is 597. The van der Waals surface area contributed by atoms with Crippen LogP contribution in [0.15, 0.2) is 28.5 Å². The smallest absolute Gasteiger partial charge is 0.322 e. The molecule has 0 aliphatic heterocycles. The molecule has 0 amide bonds. The first kappa shape index (κ1) is 14.8. The normalized spacial score (nSPS) is 10.7. The Morgan fingerprint density at radius 2 is 2.15 bits per heavy atom. The lowest BCUT2D eigenvalue weighted by Gasteiger charge is -2.09. The molecule has 0 aromatic carbocycles. The van der Waals surface area contributed by atoms with Crippen molar-refractivity contribution in [3.05, 3.63) is 23.4 Å². The summed E-state index contributed by atoms with van der Waals surface area (Å²) in [6, 6.07) is 3.68. The van der Waals surface area contributed by atoms with E-state index < -0.39 is 0 Å². The van der Waals surface area contributed by atoms with Crippen LogP contribution in [0.2, 0.25) is 5.02 Å². The highest BCUT2D eigenvalue weighted by Gasteiger charge is 2.12. The Labute approximate surface area is 125 Å². The second-order valence-electron chi connectivity index (χ2n) is 3.93. The SMILES string of the molecule is CC(C)Oc1nc(NN)nc(Sc2ncccc2Cl)n1. The zero-order valence-electron chi connectivity index (χ0n) is 10.9. The van der Waals surface area contributed by atoms with Crippen molar-refractivity contribution in [2.24, 2.45) is 5.84 Å². The van der Waals surface area contributed by atoms with Gasteiger partial charge < -0.3 is 4.74 Å². The topological polar surface area (TPSA) is 98.8 Å². The molecule has 2 heterocycles. The second-order valence-corrected chi connectivity index (χ2v) is 5.29. The summed E-state index contributed by atoms with van der Waals surface area (Å²) in [5.74, 6) is 5.55. The van der Waals surface area contributed by atoms with Crippen LogP contribution in [-0.2, 0) is 0 Å². The molecular formula is C11H13ClN6OS. The molecule has 0 aliphatic carbocycles. The van der Waals surface area contributed by atoms with Gasteiger partial charge in [0, 0.05) is 6.20 Å². The highest BCUT2D eigenvalue weighted by atomic mass is 35.5. The number of aromatic nitrogens is 4. The van der Waals surface area contributed by atoms with E-state index in [4.69, 9.17) is 22.2 Å². The van der Waals surface area contributed by atoms with Crippen molar-refractivity contribution < 1.29 is 4.74 Å². The highest BCUT2D eigenvalue weighted by molar-refractivity contribution is 7.99. The summed E-state index contributed by atoms with van der Waals surface area (Å²) in [5.41, 5.74) is 2.37. The third kappa shape index (κ3) is 3.92. The molecule has 0 spiro atoms. The molecule has 9 heteroatoms. The summed E-state index contributed by atoms with van der Waals surface area (Å²) in [4.78, 5) is 16.5. The number of anilines is 1. The molecule has 0 aliphatic rings. The molecule has 0 saturated carbocycles. The number of nitrogens with zero attached hydrogens (tertiary/aromatic N) is 4. The van der Waals surface area contributed by atoms with Gasteiger partial charge in [-0.25, -0.2) is 10.8 Å². The number of hydrazine groups is 1. The van der Waals surface area contributed by atoms with Crippen molar-refractivity contribution in [1.29, 1.82) is 0 Å². The van der Waals surface area contributed by atoms with E-state index in [1.54, 1.807) is 18.3 Å². The number of nitrogens with two attached hydrogens (primary N) is 1. The number of hydrogen-bond acceptors (Lipinski definition) is 8. The van der Waals surface area contributed by atoms with Crippen molar-refractivity contribution in [3.8, 4) is 6.01 Å². The summed E-state index contributed by atoms with van der Waals surface area (Å²) in [7, 11) is 0. The van der Waals surface area contributed by atoms with Gasteiger partial charge in [0.05, 0.1) is 11.1 Å². The average Bonchev–Trinajstić information content (AvgIpc) is 2.40. The second kappa shape index (κ2) is 6.69. The summed E-state index contributed by atoms with van der Waals surface area (Å²) in [5, 5.41) is 1.51. The molecule has 106 valence electrons. The van der Waals surface area contributed by atoms with Crippen molar-refractivity contribution >= 4 is 29.3 Å². The number of rotatable bonds is 5. The Kier molecular flexibility index (Phi) is 4.94. The van der Waals surface area contributed by atoms with Crippen molar-refractivity contribution in [2.45, 2.75) is 30.1 Å². The minimum atomic E-state index is -0.0562. The molecule has 0 saturated heterocycles. The number of pyridine rings is 1. The fourth-order valence-corrected chi connectivity index (χ4v) is 2.19. The molecule has 0 bridgehead atoms. The average molecular weight is 313 g/mol. The van der Waals surface area contributed by atoms with Gasteiger partial charge >= 0.3 is 6.01 Å². The summed E-state index contributed by atoms with van der Waals surface area (Å²) < 4.78 is 5.44. The standard InChI is InChI=1S/C11H13ClN6OS/c1-6(2)19-10-15-9(18-13)16-11(17-10)20-8-7(12)4-3-5-14-8/h3-6H,13H2,1-2H3,(H,15,16,17,18). The van der Waals surface area contributed by atoms with Gasteiger partial charge in [0.2, 0.25) is 11.1 Å². The molecule has 2 rings (SSSR count). The van der Waals surface area contributed by atoms with E-state index in [0.29, 0.717) is 15.2 Å². The number of nitrogen functional groups attached to an aromatic ring is 1. The van der Waals surface area contributed by atoms with Crippen LogP contribution >= 0.6 is 23.4 Å². The molecule has 2 aromatic heterocycles. The zero-order chi connectivity index (χ0) is 14.5. The number of halogens is 1. The van der Waals surface area contributed by atoms with Crippen LogP contribution in [0.3, 0.4) is 0 Å². The molecule has 2 aromatic rings. The number of nitrogens with one attached hydrogen (secondary N) is 1. The predicted molar refractivity (Wildman–Crippen MR) is 76.8 cm³/mol. The highest BCUT2D eigenvalue weighted by Crippen LogP contribution is 2.29. The third-order valence-corrected chi connectivity index (χ3v) is 3.28. The number of ether oxygens (including phenoxy) is 1. The summed E-state index contributed by atoms with van der Waals surface area (Å²) in [6.07, 6.45) is 1.59. The molecule has 7 nitrogen and oxygen atoms in total. The van der Waals surface area contributed by atoms with Gasteiger partial charge in [-0.1, -0.05) is 11.6 Å². The Morgan fingerprint density at radius 1 is 1.35 bits per heavy atom.